The molecule has 0 N–H and O–H groups in total. The van der Waals surface area contributed by atoms with E-state index in [0.717, 1.165) is 56.9 Å². The first-order valence-electron chi connectivity index (χ1n) is 21.6. The van der Waals surface area contributed by atoms with Crippen LogP contribution in [0.15, 0.2) is 157 Å². The van der Waals surface area contributed by atoms with Crippen LogP contribution in [0.1, 0.15) is 38.8 Å². The highest BCUT2D eigenvalue weighted by atomic mass is 16.6. The van der Waals surface area contributed by atoms with Crippen molar-refractivity contribution in [3.8, 4) is 23.0 Å². The number of non-ortho nitro benzene ring substituents is 2. The number of ether oxygens (including phenoxy) is 4. The molecule has 13 heteroatoms. The van der Waals surface area contributed by atoms with E-state index in [0.29, 0.717) is 0 Å². The fraction of sp³-hybridized carbons (Fsp3) is 0.226. The molecular formula is C53H55BN4O8. The van der Waals surface area contributed by atoms with Crippen molar-refractivity contribution in [2.45, 2.75) is 38.5 Å². The Morgan fingerprint density at radius 2 is 0.939 bits per heavy atom. The molecule has 6 aromatic carbocycles. The minimum Gasteiger partial charge on any atom is -0.497 e. The average Bonchev–Trinajstić information content (AvgIpc) is 3.65. The summed E-state index contributed by atoms with van der Waals surface area (Å²) in [6.45, 7) is 8.25. The van der Waals surface area contributed by atoms with Gasteiger partial charge in [0.2, 0.25) is 5.69 Å². The van der Waals surface area contributed by atoms with E-state index < -0.39 is 17.0 Å². The molecule has 0 aliphatic carbocycles. The van der Waals surface area contributed by atoms with E-state index in [-0.39, 0.29) is 21.2 Å². The molecule has 0 unspecified atom stereocenters. The van der Waals surface area contributed by atoms with E-state index in [1.165, 1.54) is 34.0 Å². The number of allylic oxidation sites excluding steroid dienone is 4. The SMILES string of the molecule is CN1/C(=C/C=C/C2=[N+](C)c3ccc([N+](=O)[O-])cc3C2(C)C)C(C)(C)c2cc([N+](=O)[O-])ccc21.COc1ccc([B-](c2ccc(OC)cc2)(c2ccc(OC)cc2)c2ccc(OC)cc2)cc1. The molecular weight excluding hydrogens is 831 g/mol. The highest BCUT2D eigenvalue weighted by molar-refractivity contribution is 7.19. The molecule has 0 bridgehead atoms. The molecule has 0 saturated heterocycles. The first-order valence-corrected chi connectivity index (χ1v) is 21.6. The van der Waals surface area contributed by atoms with Crippen molar-refractivity contribution in [2.75, 3.05) is 47.4 Å². The minimum absolute atomic E-state index is 0.0868. The van der Waals surface area contributed by atoms with Gasteiger partial charge in [-0.25, -0.2) is 0 Å². The Bertz CT molecular complexity index is 2670. The lowest BCUT2D eigenvalue weighted by Crippen LogP contribution is -2.74. The maximum Gasteiger partial charge on any atom is 0.270 e. The van der Waals surface area contributed by atoms with Crippen molar-refractivity contribution in [2.24, 2.45) is 0 Å². The molecule has 0 saturated carbocycles. The molecule has 6 aromatic rings. The van der Waals surface area contributed by atoms with Gasteiger partial charge in [-0.3, -0.25) is 20.2 Å². The standard InChI is InChI=1S/C28H28BO4.C25H27N4O4/c1-30-25-13-5-21(6-14-25)29(22-7-15-26(31-2)16-8-22,23-9-17-27(32-3)18-10-23)24-11-19-28(33-4)20-12-24;1-24(2)18-14-16(28(30)31)10-12-20(18)26(5)22(24)8-7-9-23-25(3,4)19-15-17(29(32)33)11-13-21(19)27(23)6/h5-20H,1-4H3;7-15H,1-6H3/q-1;+1. The fourth-order valence-electron chi connectivity index (χ4n) is 9.83. The van der Waals surface area contributed by atoms with Gasteiger partial charge in [0.1, 0.15) is 36.2 Å². The maximum absolute atomic E-state index is 11.3. The van der Waals surface area contributed by atoms with Gasteiger partial charge in [-0.15, -0.1) is 0 Å². The second-order valence-corrected chi connectivity index (χ2v) is 17.5. The minimum atomic E-state index is -1.52. The summed E-state index contributed by atoms with van der Waals surface area (Å²) in [5.41, 5.74) is 9.90. The molecule has 8 rings (SSSR count). The number of fused-ring (bicyclic) bond motifs is 2. The molecule has 0 radical (unpaired) electrons. The van der Waals surface area contributed by atoms with Crippen molar-refractivity contribution in [1.82, 2.24) is 0 Å². The number of hydrogen-bond acceptors (Lipinski definition) is 9. The van der Waals surface area contributed by atoms with Gasteiger partial charge >= 0.3 is 0 Å². The van der Waals surface area contributed by atoms with E-state index in [4.69, 9.17) is 18.9 Å². The lowest BCUT2D eigenvalue weighted by atomic mass is 9.13. The summed E-state index contributed by atoms with van der Waals surface area (Å²) in [7, 11) is 10.7. The van der Waals surface area contributed by atoms with Crippen molar-refractivity contribution in [1.29, 1.82) is 0 Å². The van der Waals surface area contributed by atoms with Crippen LogP contribution in [-0.2, 0) is 10.8 Å². The number of likely N-dealkylation sites (N-methyl/N-ethyl adjacent to an activating group) is 1. The molecule has 2 aliphatic heterocycles. The van der Waals surface area contributed by atoms with Crippen molar-refractivity contribution in [3.63, 3.8) is 0 Å². The Hall–Kier alpha value is -7.67. The number of rotatable bonds is 12. The van der Waals surface area contributed by atoms with Crippen LogP contribution < -0.4 is 45.7 Å². The number of anilines is 1. The molecule has 66 heavy (non-hydrogen) atoms. The van der Waals surface area contributed by atoms with Crippen LogP contribution in [0.3, 0.4) is 0 Å². The Morgan fingerprint density at radius 3 is 1.32 bits per heavy atom. The van der Waals surface area contributed by atoms with Gasteiger partial charge in [0, 0.05) is 65.8 Å². The van der Waals surface area contributed by atoms with Gasteiger partial charge in [0.05, 0.1) is 43.7 Å². The van der Waals surface area contributed by atoms with E-state index in [1.54, 1.807) is 52.7 Å². The summed E-state index contributed by atoms with van der Waals surface area (Å²) in [5.74, 6) is 3.29. The van der Waals surface area contributed by atoms with E-state index in [1.807, 2.05) is 80.9 Å². The Labute approximate surface area is 386 Å². The van der Waals surface area contributed by atoms with Gasteiger partial charge in [-0.1, -0.05) is 68.5 Å². The lowest BCUT2D eigenvalue weighted by molar-refractivity contribution is -0.402. The zero-order valence-electron chi connectivity index (χ0n) is 39.1. The van der Waals surface area contributed by atoms with E-state index >= 15 is 0 Å². The molecule has 12 nitrogen and oxygen atoms in total. The first-order chi connectivity index (χ1) is 31.5. The van der Waals surface area contributed by atoms with Crippen LogP contribution in [0.5, 0.6) is 23.0 Å². The molecule has 0 amide bonds. The fourth-order valence-corrected chi connectivity index (χ4v) is 9.83. The Kier molecular flexibility index (Phi) is 12.9. The average molecular weight is 887 g/mol. The van der Waals surface area contributed by atoms with E-state index in [9.17, 15) is 20.2 Å². The van der Waals surface area contributed by atoms with Crippen molar-refractivity contribution < 1.29 is 33.4 Å². The number of nitro groups is 2. The smallest absolute Gasteiger partial charge is 0.270 e. The Morgan fingerprint density at radius 1 is 0.561 bits per heavy atom. The second kappa shape index (κ2) is 18.4. The third-order valence-electron chi connectivity index (χ3n) is 13.4. The predicted molar refractivity (Wildman–Crippen MR) is 265 cm³/mol. The van der Waals surface area contributed by atoms with Crippen LogP contribution in [0.25, 0.3) is 0 Å². The summed E-state index contributed by atoms with van der Waals surface area (Å²) in [5, 5.41) is 22.5. The quantitative estimate of drug-likeness (QED) is 0.0515. The summed E-state index contributed by atoms with van der Waals surface area (Å²) in [6, 6.07) is 43.3. The molecule has 0 fully saturated rings. The maximum atomic E-state index is 11.3. The highest BCUT2D eigenvalue weighted by Gasteiger charge is 2.44. The molecule has 0 spiro atoms. The number of benzene rings is 6. The zero-order valence-corrected chi connectivity index (χ0v) is 39.1. The van der Waals surface area contributed by atoms with Crippen LogP contribution in [0.2, 0.25) is 0 Å². The highest BCUT2D eigenvalue weighted by Crippen LogP contribution is 2.48. The number of methoxy groups -OCH3 is 4. The molecule has 0 aromatic heterocycles. The summed E-state index contributed by atoms with van der Waals surface area (Å²) in [4.78, 5) is 23.8. The Balaban J connectivity index is 0.000000196. The first kappa shape index (κ1) is 46.3. The molecule has 2 heterocycles. The largest absolute Gasteiger partial charge is 0.497 e. The lowest BCUT2D eigenvalue weighted by Gasteiger charge is -2.44. The topological polar surface area (TPSA) is 129 Å². The normalized spacial score (nSPS) is 15.2. The van der Waals surface area contributed by atoms with E-state index in [2.05, 4.69) is 85.7 Å². The summed E-state index contributed by atoms with van der Waals surface area (Å²) in [6.07, 6.45) is 4.54. The van der Waals surface area contributed by atoms with Gasteiger partial charge in [-0.05, 0) is 80.1 Å². The molecule has 0 atom stereocenters. The number of hydrogen-bond donors (Lipinski definition) is 0. The third kappa shape index (κ3) is 8.28. The van der Waals surface area contributed by atoms with Crippen LogP contribution >= 0.6 is 0 Å². The van der Waals surface area contributed by atoms with Crippen LogP contribution in [-0.4, -0.2) is 68.8 Å². The third-order valence-corrected chi connectivity index (χ3v) is 13.4. The van der Waals surface area contributed by atoms with Gasteiger partial charge in [-0.2, -0.15) is 26.4 Å². The van der Waals surface area contributed by atoms with Gasteiger partial charge in [0.25, 0.3) is 11.4 Å². The van der Waals surface area contributed by atoms with Gasteiger partial charge < -0.3 is 23.8 Å². The van der Waals surface area contributed by atoms with Crippen molar-refractivity contribution in [3.05, 3.63) is 189 Å². The summed E-state index contributed by atoms with van der Waals surface area (Å²) < 4.78 is 23.9. The van der Waals surface area contributed by atoms with Gasteiger partial charge in [0.15, 0.2) is 5.71 Å². The zero-order chi connectivity index (χ0) is 47.6. The predicted octanol–water partition coefficient (Wildman–Crippen LogP) is 8.48. The molecule has 338 valence electrons. The summed E-state index contributed by atoms with van der Waals surface area (Å²) >= 11 is 0. The monoisotopic (exact) mass is 886 g/mol. The van der Waals surface area contributed by atoms with Crippen LogP contribution in [0, 0.1) is 20.2 Å². The number of nitro benzene ring substituents is 2. The van der Waals surface area contributed by atoms with Crippen molar-refractivity contribution >= 4 is 56.5 Å². The van der Waals surface area contributed by atoms with Crippen LogP contribution in [0.4, 0.5) is 22.7 Å². The second-order valence-electron chi connectivity index (χ2n) is 17.5. The number of nitrogens with zero attached hydrogens (tertiary/aromatic N) is 4. The molecule has 2 aliphatic rings.